The fourth-order valence-electron chi connectivity index (χ4n) is 3.61. The van der Waals surface area contributed by atoms with E-state index in [1.165, 1.54) is 19.3 Å². The molecule has 1 saturated carbocycles. The Morgan fingerprint density at radius 1 is 1.35 bits per heavy atom. The van der Waals surface area contributed by atoms with Crippen molar-refractivity contribution in [2.45, 2.75) is 70.1 Å². The summed E-state index contributed by atoms with van der Waals surface area (Å²) in [5, 5.41) is 23.5. The van der Waals surface area contributed by atoms with Crippen LogP contribution in [0.5, 0.6) is 0 Å². The molecule has 0 aliphatic heterocycles. The molecule has 26 heavy (non-hydrogen) atoms. The predicted octanol–water partition coefficient (Wildman–Crippen LogP) is 2.48. The van der Waals surface area contributed by atoms with Gasteiger partial charge in [0.2, 0.25) is 11.8 Å². The maximum Gasteiger partial charge on any atom is 0.249 e. The van der Waals surface area contributed by atoms with Gasteiger partial charge in [-0.25, -0.2) is 4.98 Å². The molecule has 0 aromatic carbocycles. The van der Waals surface area contributed by atoms with E-state index in [9.17, 15) is 15.0 Å². The summed E-state index contributed by atoms with van der Waals surface area (Å²) in [7, 11) is 0. The van der Waals surface area contributed by atoms with Crippen molar-refractivity contribution in [3.05, 3.63) is 24.2 Å². The Hall–Kier alpha value is -1.99. The van der Waals surface area contributed by atoms with E-state index in [1.807, 2.05) is 6.92 Å². The molecular weight excluding hydrogens is 334 g/mol. The third kappa shape index (κ3) is 4.40. The van der Waals surface area contributed by atoms with E-state index in [-0.39, 0.29) is 5.89 Å². The first-order valence-electron chi connectivity index (χ1n) is 9.46. The summed E-state index contributed by atoms with van der Waals surface area (Å²) in [6, 6.07) is 2.86. The van der Waals surface area contributed by atoms with Crippen LogP contribution in [0.25, 0.3) is 11.2 Å². The molecule has 0 radical (unpaired) electrons. The third-order valence-electron chi connectivity index (χ3n) is 5.17. The second-order valence-corrected chi connectivity index (χ2v) is 7.10. The first-order chi connectivity index (χ1) is 12.6. The molecule has 0 saturated heterocycles. The topological polar surface area (TPSA) is 108 Å². The van der Waals surface area contributed by atoms with Crippen LogP contribution in [0.2, 0.25) is 0 Å². The Balaban J connectivity index is 1.61. The lowest BCUT2D eigenvalue weighted by atomic mass is 9.85. The summed E-state index contributed by atoms with van der Waals surface area (Å²) in [5.74, 6) is 0.0703. The molecule has 3 unspecified atom stereocenters. The van der Waals surface area contributed by atoms with Gasteiger partial charge in [-0.3, -0.25) is 4.79 Å². The van der Waals surface area contributed by atoms with Gasteiger partial charge in [-0.15, -0.1) is 0 Å². The number of fused-ring (bicyclic) bond motifs is 1. The van der Waals surface area contributed by atoms with Crippen LogP contribution in [0.4, 0.5) is 0 Å². The summed E-state index contributed by atoms with van der Waals surface area (Å²) in [6.45, 7) is 1.85. The lowest BCUT2D eigenvalue weighted by molar-refractivity contribution is -0.132. The maximum atomic E-state index is 12.4. The number of aliphatic hydroxyl groups excluding tert-OH is 2. The molecule has 1 amide bonds. The lowest BCUT2D eigenvalue weighted by Crippen LogP contribution is -2.44. The van der Waals surface area contributed by atoms with E-state index in [1.54, 1.807) is 18.3 Å². The molecule has 2 heterocycles. The average Bonchev–Trinajstić information content (AvgIpc) is 3.10. The van der Waals surface area contributed by atoms with Crippen molar-refractivity contribution in [1.82, 2.24) is 15.3 Å². The molecule has 1 fully saturated rings. The van der Waals surface area contributed by atoms with Crippen LogP contribution in [0.3, 0.4) is 0 Å². The van der Waals surface area contributed by atoms with Crippen LogP contribution in [0, 0.1) is 5.92 Å². The summed E-state index contributed by atoms with van der Waals surface area (Å²) >= 11 is 0. The predicted molar refractivity (Wildman–Crippen MR) is 96.2 cm³/mol. The summed E-state index contributed by atoms with van der Waals surface area (Å²) in [5.41, 5.74) is 0.903. The molecule has 2 aromatic heterocycles. The van der Waals surface area contributed by atoms with Gasteiger partial charge in [0.1, 0.15) is 6.10 Å². The van der Waals surface area contributed by atoms with Gasteiger partial charge in [-0.05, 0) is 30.9 Å². The summed E-state index contributed by atoms with van der Waals surface area (Å²) in [4.78, 5) is 20.6. The number of hydrogen-bond donors (Lipinski definition) is 3. The lowest BCUT2D eigenvalue weighted by Gasteiger charge is -2.26. The highest BCUT2D eigenvalue weighted by Crippen LogP contribution is 2.28. The van der Waals surface area contributed by atoms with Crippen molar-refractivity contribution in [2.75, 3.05) is 0 Å². The maximum absolute atomic E-state index is 12.4. The van der Waals surface area contributed by atoms with E-state index < -0.39 is 24.2 Å². The smallest absolute Gasteiger partial charge is 0.249 e. The van der Waals surface area contributed by atoms with Gasteiger partial charge in [0.15, 0.2) is 17.3 Å². The van der Waals surface area contributed by atoms with E-state index in [4.69, 9.17) is 4.42 Å². The first kappa shape index (κ1) is 18.8. The van der Waals surface area contributed by atoms with Crippen LogP contribution in [0.1, 0.15) is 63.9 Å². The van der Waals surface area contributed by atoms with Crippen molar-refractivity contribution in [2.24, 2.45) is 5.92 Å². The number of nitrogens with zero attached hydrogens (tertiary/aromatic N) is 2. The van der Waals surface area contributed by atoms with E-state index in [0.717, 1.165) is 12.8 Å². The number of carbonyl (C=O) groups is 1. The van der Waals surface area contributed by atoms with Gasteiger partial charge in [0.25, 0.3) is 0 Å². The molecule has 0 spiro atoms. The normalized spacial score (nSPS) is 19.2. The Labute approximate surface area is 152 Å². The van der Waals surface area contributed by atoms with Gasteiger partial charge in [-0.2, -0.15) is 4.98 Å². The molecule has 3 atom stereocenters. The highest BCUT2D eigenvalue weighted by Gasteiger charge is 2.29. The summed E-state index contributed by atoms with van der Waals surface area (Å²) < 4.78 is 5.54. The van der Waals surface area contributed by atoms with Crippen molar-refractivity contribution < 1.29 is 19.4 Å². The largest absolute Gasteiger partial charge is 0.436 e. The zero-order valence-electron chi connectivity index (χ0n) is 15.1. The molecule has 3 rings (SSSR count). The Kier molecular flexibility index (Phi) is 6.21. The summed E-state index contributed by atoms with van der Waals surface area (Å²) in [6.07, 6.45) is 6.12. The number of aromatic nitrogens is 2. The molecule has 7 nitrogen and oxygen atoms in total. The monoisotopic (exact) mass is 361 g/mol. The van der Waals surface area contributed by atoms with Crippen molar-refractivity contribution >= 4 is 17.1 Å². The molecule has 1 aliphatic rings. The second-order valence-electron chi connectivity index (χ2n) is 7.10. The number of nitrogens with one attached hydrogen (secondary N) is 1. The number of oxazole rings is 1. The minimum atomic E-state index is -1.10. The van der Waals surface area contributed by atoms with Gasteiger partial charge in [-0.1, -0.05) is 39.0 Å². The van der Waals surface area contributed by atoms with Crippen molar-refractivity contribution in [3.63, 3.8) is 0 Å². The van der Waals surface area contributed by atoms with Crippen LogP contribution in [-0.4, -0.2) is 38.2 Å². The van der Waals surface area contributed by atoms with Crippen LogP contribution in [0.15, 0.2) is 22.7 Å². The number of pyridine rings is 1. The number of amides is 1. The van der Waals surface area contributed by atoms with Crippen LogP contribution in [-0.2, 0) is 4.79 Å². The second kappa shape index (κ2) is 8.60. The highest BCUT2D eigenvalue weighted by molar-refractivity contribution is 5.80. The van der Waals surface area contributed by atoms with E-state index in [2.05, 4.69) is 15.3 Å². The first-order valence-corrected chi connectivity index (χ1v) is 9.46. The van der Waals surface area contributed by atoms with Crippen LogP contribution >= 0.6 is 0 Å². The molecule has 142 valence electrons. The van der Waals surface area contributed by atoms with Gasteiger partial charge in [0, 0.05) is 6.20 Å². The molecule has 1 aliphatic carbocycles. The Bertz CT molecular complexity index is 693. The molecule has 3 N–H and O–H groups in total. The minimum Gasteiger partial charge on any atom is -0.436 e. The van der Waals surface area contributed by atoms with Gasteiger partial charge >= 0.3 is 0 Å². The standard InChI is InChI=1S/C19H27N3O4/c1-2-13(16(24)19-22-17-15(26-19)9-6-10-20-17)21-18(25)14(23)11-12-7-4-3-5-8-12/h6,9-10,12-14,16,23-24H,2-5,7-8,11H2,1H3,(H,21,25). The van der Waals surface area contributed by atoms with Gasteiger partial charge < -0.3 is 19.9 Å². The van der Waals surface area contributed by atoms with E-state index in [0.29, 0.717) is 30.0 Å². The number of carbonyl (C=O) groups excluding carboxylic acids is 1. The van der Waals surface area contributed by atoms with Gasteiger partial charge in [0.05, 0.1) is 6.04 Å². The molecule has 0 bridgehead atoms. The number of rotatable bonds is 7. The van der Waals surface area contributed by atoms with Crippen LogP contribution < -0.4 is 5.32 Å². The van der Waals surface area contributed by atoms with Crippen molar-refractivity contribution in [3.8, 4) is 0 Å². The third-order valence-corrected chi connectivity index (χ3v) is 5.17. The average molecular weight is 361 g/mol. The number of aliphatic hydroxyl groups is 2. The number of hydrogen-bond acceptors (Lipinski definition) is 6. The van der Waals surface area contributed by atoms with E-state index >= 15 is 0 Å². The zero-order valence-corrected chi connectivity index (χ0v) is 15.1. The Morgan fingerprint density at radius 2 is 2.12 bits per heavy atom. The highest BCUT2D eigenvalue weighted by atomic mass is 16.4. The molecule has 7 heteroatoms. The molecule has 2 aromatic rings. The van der Waals surface area contributed by atoms with Crippen molar-refractivity contribution in [1.29, 1.82) is 0 Å². The minimum absolute atomic E-state index is 0.118. The fourth-order valence-corrected chi connectivity index (χ4v) is 3.61. The molecular formula is C19H27N3O4. The SMILES string of the molecule is CCC(NC(=O)C(O)CC1CCCCC1)C(O)c1nc2ncccc2o1. The quantitative estimate of drug-likeness (QED) is 0.699. The fraction of sp³-hybridized carbons (Fsp3) is 0.632. The zero-order chi connectivity index (χ0) is 18.5. The Morgan fingerprint density at radius 3 is 2.81 bits per heavy atom.